The Balaban J connectivity index is 1.38. The maximum absolute atomic E-state index is 13.1. The van der Waals surface area contributed by atoms with E-state index in [4.69, 9.17) is 16.3 Å². The molecule has 2 aromatic carbocycles. The molecule has 0 unspecified atom stereocenters. The van der Waals surface area contributed by atoms with Gasteiger partial charge in [0.1, 0.15) is 5.82 Å². The lowest BCUT2D eigenvalue weighted by Gasteiger charge is -2.33. The Kier molecular flexibility index (Phi) is 6.73. The average molecular weight is 446 g/mol. The van der Waals surface area contributed by atoms with Gasteiger partial charge in [-0.3, -0.25) is 9.59 Å². The van der Waals surface area contributed by atoms with Crippen molar-refractivity contribution in [3.05, 3.63) is 58.9 Å². The molecule has 2 amide bonds. The number of para-hydroxylation sites is 1. The number of anilines is 2. The highest BCUT2D eigenvalue weighted by Gasteiger charge is 2.29. The van der Waals surface area contributed by atoms with E-state index in [0.717, 1.165) is 18.8 Å². The Morgan fingerprint density at radius 1 is 1.00 bits per heavy atom. The van der Waals surface area contributed by atoms with E-state index in [9.17, 15) is 14.0 Å². The highest BCUT2D eigenvalue weighted by Crippen LogP contribution is 2.35. The van der Waals surface area contributed by atoms with Crippen molar-refractivity contribution in [2.45, 2.75) is 12.8 Å². The highest BCUT2D eigenvalue weighted by atomic mass is 35.5. The number of carbonyl (C=O) groups is 2. The second-order valence-electron chi connectivity index (χ2n) is 7.80. The number of amides is 2. The van der Waals surface area contributed by atoms with Gasteiger partial charge in [-0.15, -0.1) is 0 Å². The Morgan fingerprint density at radius 3 is 2.35 bits per heavy atom. The number of nitrogens with one attached hydrogen (secondary N) is 1. The summed E-state index contributed by atoms with van der Waals surface area (Å²) in [6.45, 7) is 3.66. The minimum absolute atomic E-state index is 0.0642. The normalized spacial score (nSPS) is 17.5. The third-order valence-electron chi connectivity index (χ3n) is 5.82. The summed E-state index contributed by atoms with van der Waals surface area (Å²) in [7, 11) is 0. The standard InChI is InChI=1S/C23H25ClFN3O3/c24-19-2-1-3-20(21(19)27-12-14-31-15-13-27)26-22(29)16-8-10-28(11-9-16)23(30)17-4-6-18(25)7-5-17/h1-7,16H,8-15H2,(H,26,29). The Labute approximate surface area is 185 Å². The third kappa shape index (κ3) is 4.99. The summed E-state index contributed by atoms with van der Waals surface area (Å²) in [4.78, 5) is 29.4. The van der Waals surface area contributed by atoms with E-state index in [2.05, 4.69) is 10.2 Å². The fraction of sp³-hybridized carbons (Fsp3) is 0.391. The smallest absolute Gasteiger partial charge is 0.253 e. The molecule has 0 atom stereocenters. The van der Waals surface area contributed by atoms with Crippen LogP contribution in [-0.2, 0) is 9.53 Å². The van der Waals surface area contributed by atoms with Gasteiger partial charge in [-0.05, 0) is 49.2 Å². The lowest BCUT2D eigenvalue weighted by molar-refractivity contribution is -0.121. The summed E-state index contributed by atoms with van der Waals surface area (Å²) in [6, 6.07) is 11.1. The second-order valence-corrected chi connectivity index (χ2v) is 8.21. The number of likely N-dealkylation sites (tertiary alicyclic amines) is 1. The molecule has 0 bridgehead atoms. The Morgan fingerprint density at radius 2 is 1.68 bits per heavy atom. The van der Waals surface area contributed by atoms with Gasteiger partial charge in [0, 0.05) is 37.7 Å². The lowest BCUT2D eigenvalue weighted by atomic mass is 9.95. The van der Waals surface area contributed by atoms with Crippen LogP contribution >= 0.6 is 11.6 Å². The van der Waals surface area contributed by atoms with Crippen LogP contribution in [0.15, 0.2) is 42.5 Å². The maximum Gasteiger partial charge on any atom is 0.253 e. The van der Waals surface area contributed by atoms with Gasteiger partial charge in [0.15, 0.2) is 0 Å². The number of piperidine rings is 1. The molecule has 31 heavy (non-hydrogen) atoms. The number of rotatable bonds is 4. The van der Waals surface area contributed by atoms with E-state index < -0.39 is 0 Å². The first-order valence-electron chi connectivity index (χ1n) is 10.5. The van der Waals surface area contributed by atoms with Gasteiger partial charge >= 0.3 is 0 Å². The van der Waals surface area contributed by atoms with Crippen molar-refractivity contribution < 1.29 is 18.7 Å². The van der Waals surface area contributed by atoms with Gasteiger partial charge in [0.05, 0.1) is 29.6 Å². The first-order chi connectivity index (χ1) is 15.0. The molecule has 164 valence electrons. The van der Waals surface area contributed by atoms with Crippen LogP contribution in [0.1, 0.15) is 23.2 Å². The van der Waals surface area contributed by atoms with Crippen molar-refractivity contribution in [1.82, 2.24) is 4.90 Å². The van der Waals surface area contributed by atoms with Gasteiger partial charge in [-0.2, -0.15) is 0 Å². The van der Waals surface area contributed by atoms with Gasteiger partial charge in [-0.1, -0.05) is 17.7 Å². The zero-order valence-electron chi connectivity index (χ0n) is 17.2. The number of carbonyl (C=O) groups excluding carboxylic acids is 2. The van der Waals surface area contributed by atoms with E-state index in [1.807, 2.05) is 18.2 Å². The van der Waals surface area contributed by atoms with Crippen LogP contribution in [0.25, 0.3) is 0 Å². The van der Waals surface area contributed by atoms with Gasteiger partial charge in [0.25, 0.3) is 5.91 Å². The minimum Gasteiger partial charge on any atom is -0.378 e. The van der Waals surface area contributed by atoms with Crippen LogP contribution in [0.3, 0.4) is 0 Å². The van der Waals surface area contributed by atoms with E-state index in [-0.39, 0.29) is 23.5 Å². The number of benzene rings is 2. The number of ether oxygens (including phenoxy) is 1. The molecule has 0 aromatic heterocycles. The fourth-order valence-electron chi connectivity index (χ4n) is 4.08. The number of hydrogen-bond acceptors (Lipinski definition) is 4. The molecular weight excluding hydrogens is 421 g/mol. The number of morpholine rings is 1. The topological polar surface area (TPSA) is 61.9 Å². The Bertz CT molecular complexity index is 940. The van der Waals surface area contributed by atoms with Crippen molar-refractivity contribution in [3.8, 4) is 0 Å². The Hall–Kier alpha value is -2.64. The molecular formula is C23H25ClFN3O3. The lowest BCUT2D eigenvalue weighted by Crippen LogP contribution is -2.41. The van der Waals surface area contributed by atoms with Gasteiger partial charge in [0.2, 0.25) is 5.91 Å². The SMILES string of the molecule is O=C(Nc1cccc(Cl)c1N1CCOCC1)C1CCN(C(=O)c2ccc(F)cc2)CC1. The predicted molar refractivity (Wildman–Crippen MR) is 118 cm³/mol. The minimum atomic E-state index is -0.371. The maximum atomic E-state index is 13.1. The molecule has 0 aliphatic carbocycles. The molecule has 6 nitrogen and oxygen atoms in total. The molecule has 1 N–H and O–H groups in total. The molecule has 2 saturated heterocycles. The first kappa shape index (κ1) is 21.6. The van der Waals surface area contributed by atoms with Gasteiger partial charge in [-0.25, -0.2) is 4.39 Å². The summed E-state index contributed by atoms with van der Waals surface area (Å²) in [5.41, 5.74) is 1.98. The van der Waals surface area contributed by atoms with Crippen molar-refractivity contribution >= 4 is 34.8 Å². The van der Waals surface area contributed by atoms with Crippen molar-refractivity contribution in [2.75, 3.05) is 49.6 Å². The average Bonchev–Trinajstić information content (AvgIpc) is 2.80. The summed E-state index contributed by atoms with van der Waals surface area (Å²) < 4.78 is 18.5. The largest absolute Gasteiger partial charge is 0.378 e. The van der Waals surface area contributed by atoms with Gasteiger partial charge < -0.3 is 19.9 Å². The number of nitrogens with zero attached hydrogens (tertiary/aromatic N) is 2. The van der Waals surface area contributed by atoms with Crippen LogP contribution in [0.5, 0.6) is 0 Å². The third-order valence-corrected chi connectivity index (χ3v) is 6.12. The van der Waals surface area contributed by atoms with Crippen molar-refractivity contribution in [2.24, 2.45) is 5.92 Å². The molecule has 2 heterocycles. The van der Waals surface area contributed by atoms with Crippen LogP contribution < -0.4 is 10.2 Å². The fourth-order valence-corrected chi connectivity index (χ4v) is 4.37. The van der Waals surface area contributed by atoms with E-state index in [0.29, 0.717) is 55.4 Å². The number of hydrogen-bond donors (Lipinski definition) is 1. The van der Waals surface area contributed by atoms with Crippen molar-refractivity contribution in [1.29, 1.82) is 0 Å². The molecule has 0 saturated carbocycles. The molecule has 2 aliphatic heterocycles. The van der Waals surface area contributed by atoms with Crippen LogP contribution in [0, 0.1) is 11.7 Å². The summed E-state index contributed by atoms with van der Waals surface area (Å²) >= 11 is 6.45. The highest BCUT2D eigenvalue weighted by molar-refractivity contribution is 6.34. The second kappa shape index (κ2) is 9.66. The molecule has 0 radical (unpaired) electrons. The van der Waals surface area contributed by atoms with Crippen LogP contribution in [-0.4, -0.2) is 56.1 Å². The molecule has 8 heteroatoms. The molecule has 2 aliphatic rings. The van der Waals surface area contributed by atoms with Crippen LogP contribution in [0.2, 0.25) is 5.02 Å². The van der Waals surface area contributed by atoms with E-state index >= 15 is 0 Å². The van der Waals surface area contributed by atoms with Crippen molar-refractivity contribution in [3.63, 3.8) is 0 Å². The van der Waals surface area contributed by atoms with E-state index in [1.54, 1.807) is 4.90 Å². The first-order valence-corrected chi connectivity index (χ1v) is 10.9. The molecule has 2 aromatic rings. The zero-order chi connectivity index (χ0) is 21.8. The molecule has 4 rings (SSSR count). The summed E-state index contributed by atoms with van der Waals surface area (Å²) in [5.74, 6) is -0.757. The zero-order valence-corrected chi connectivity index (χ0v) is 17.9. The summed E-state index contributed by atoms with van der Waals surface area (Å²) in [6.07, 6.45) is 1.15. The molecule has 0 spiro atoms. The number of halogens is 2. The predicted octanol–water partition coefficient (Wildman–Crippen LogP) is 3.81. The van der Waals surface area contributed by atoms with Crippen LogP contribution in [0.4, 0.5) is 15.8 Å². The van der Waals surface area contributed by atoms with E-state index in [1.165, 1.54) is 24.3 Å². The summed E-state index contributed by atoms with van der Waals surface area (Å²) in [5, 5.41) is 3.65. The molecule has 2 fully saturated rings. The monoisotopic (exact) mass is 445 g/mol. The quantitative estimate of drug-likeness (QED) is 0.777.